The number of esters is 1. The van der Waals surface area contributed by atoms with Crippen LogP contribution in [0.15, 0.2) is 42.5 Å². The first-order valence-corrected chi connectivity index (χ1v) is 8.77. The fraction of sp³-hybridized carbons (Fsp3) is 0.200. The molecule has 0 amide bonds. The topological polar surface area (TPSA) is 61.8 Å². The lowest BCUT2D eigenvalue weighted by molar-refractivity contribution is 0.0475. The molecule has 0 radical (unpaired) electrons. The number of carbonyl (C=O) groups is 2. The average molecular weight is 370 g/mol. The number of ether oxygens (including phenoxy) is 3. The second kappa shape index (κ2) is 7.58. The number of carbonyl (C=O) groups excluding carboxylic acids is 2. The lowest BCUT2D eigenvalue weighted by atomic mass is 10.1. The zero-order valence-electron chi connectivity index (χ0n) is 14.7. The van der Waals surface area contributed by atoms with Gasteiger partial charge in [0.15, 0.2) is 18.1 Å². The Hall–Kier alpha value is -2.86. The standard InChI is InChI=1S/C20H18O5S/c1-12-14-6-4-5-7-18(14)26-19(12)15(21)11-25-20(22)13-8-9-16(23-2)17(10-13)24-3/h4-10H,11H2,1-3H3. The summed E-state index contributed by atoms with van der Waals surface area (Å²) in [6.45, 7) is 1.60. The van der Waals surface area contributed by atoms with Gasteiger partial charge in [-0.3, -0.25) is 4.79 Å². The van der Waals surface area contributed by atoms with E-state index in [1.807, 2.05) is 31.2 Å². The normalized spacial score (nSPS) is 10.6. The first-order valence-electron chi connectivity index (χ1n) is 7.95. The van der Waals surface area contributed by atoms with Crippen molar-refractivity contribution in [1.29, 1.82) is 0 Å². The minimum Gasteiger partial charge on any atom is -0.493 e. The van der Waals surface area contributed by atoms with Crippen LogP contribution in [0.5, 0.6) is 11.5 Å². The molecule has 0 spiro atoms. The van der Waals surface area contributed by atoms with Crippen molar-refractivity contribution in [1.82, 2.24) is 0 Å². The molecule has 0 unspecified atom stereocenters. The van der Waals surface area contributed by atoms with Crippen molar-refractivity contribution in [2.24, 2.45) is 0 Å². The Bertz CT molecular complexity index is 973. The van der Waals surface area contributed by atoms with Crippen LogP contribution in [0.3, 0.4) is 0 Å². The number of hydrogen-bond donors (Lipinski definition) is 0. The Labute approximate surface area is 155 Å². The number of Topliss-reactive ketones (excluding diaryl/α,β-unsaturated/α-hetero) is 1. The summed E-state index contributed by atoms with van der Waals surface area (Å²) in [5.74, 6) is 0.144. The van der Waals surface area contributed by atoms with E-state index in [2.05, 4.69) is 0 Å². The van der Waals surface area contributed by atoms with Crippen LogP contribution in [0, 0.1) is 6.92 Å². The highest BCUT2D eigenvalue weighted by atomic mass is 32.1. The number of thiophene rings is 1. The number of aryl methyl sites for hydroxylation is 1. The van der Waals surface area contributed by atoms with Gasteiger partial charge in [-0.05, 0) is 42.1 Å². The van der Waals surface area contributed by atoms with Crippen LogP contribution in [0.4, 0.5) is 0 Å². The SMILES string of the molecule is COc1ccc(C(=O)OCC(=O)c2sc3ccccc3c2C)cc1OC. The number of benzene rings is 2. The molecule has 0 aliphatic carbocycles. The molecule has 0 bridgehead atoms. The van der Waals surface area contributed by atoms with E-state index in [1.54, 1.807) is 12.1 Å². The molecule has 0 aliphatic heterocycles. The van der Waals surface area contributed by atoms with Crippen molar-refractivity contribution in [2.75, 3.05) is 20.8 Å². The van der Waals surface area contributed by atoms with Crippen LogP contribution in [0.25, 0.3) is 10.1 Å². The van der Waals surface area contributed by atoms with Gasteiger partial charge < -0.3 is 14.2 Å². The van der Waals surface area contributed by atoms with E-state index in [1.165, 1.54) is 31.6 Å². The van der Waals surface area contributed by atoms with E-state index in [-0.39, 0.29) is 12.4 Å². The van der Waals surface area contributed by atoms with Crippen molar-refractivity contribution in [3.63, 3.8) is 0 Å². The Morgan fingerprint density at radius 3 is 2.42 bits per heavy atom. The molecule has 1 aromatic heterocycles. The van der Waals surface area contributed by atoms with Gasteiger partial charge in [0.1, 0.15) is 0 Å². The molecule has 0 atom stereocenters. The van der Waals surface area contributed by atoms with E-state index in [0.29, 0.717) is 21.9 Å². The Morgan fingerprint density at radius 2 is 1.73 bits per heavy atom. The fourth-order valence-corrected chi connectivity index (χ4v) is 3.82. The van der Waals surface area contributed by atoms with E-state index >= 15 is 0 Å². The monoisotopic (exact) mass is 370 g/mol. The molecule has 6 heteroatoms. The van der Waals surface area contributed by atoms with Gasteiger partial charge in [-0.1, -0.05) is 18.2 Å². The van der Waals surface area contributed by atoms with E-state index in [0.717, 1.165) is 15.6 Å². The van der Waals surface area contributed by atoms with Crippen LogP contribution >= 0.6 is 11.3 Å². The van der Waals surface area contributed by atoms with E-state index in [4.69, 9.17) is 14.2 Å². The Kier molecular flexibility index (Phi) is 5.23. The quantitative estimate of drug-likeness (QED) is 0.479. The van der Waals surface area contributed by atoms with Gasteiger partial charge in [0.25, 0.3) is 0 Å². The highest BCUT2D eigenvalue weighted by Crippen LogP contribution is 2.31. The molecule has 134 valence electrons. The molecule has 0 saturated carbocycles. The third-order valence-corrected chi connectivity index (χ3v) is 5.36. The summed E-state index contributed by atoms with van der Waals surface area (Å²) in [7, 11) is 3.00. The molecule has 5 nitrogen and oxygen atoms in total. The maximum atomic E-state index is 12.5. The highest BCUT2D eigenvalue weighted by molar-refractivity contribution is 7.21. The van der Waals surface area contributed by atoms with Crippen LogP contribution in [0.2, 0.25) is 0 Å². The van der Waals surface area contributed by atoms with Crippen molar-refractivity contribution >= 4 is 33.2 Å². The molecule has 1 heterocycles. The lowest BCUT2D eigenvalue weighted by Gasteiger charge is -2.09. The number of ketones is 1. The van der Waals surface area contributed by atoms with Gasteiger partial charge in [-0.25, -0.2) is 4.79 Å². The Balaban J connectivity index is 1.72. The zero-order valence-corrected chi connectivity index (χ0v) is 15.5. The summed E-state index contributed by atoms with van der Waals surface area (Å²) in [5.41, 5.74) is 1.21. The van der Waals surface area contributed by atoms with Crippen molar-refractivity contribution in [3.05, 3.63) is 58.5 Å². The van der Waals surface area contributed by atoms with Crippen LogP contribution in [0.1, 0.15) is 25.6 Å². The molecule has 3 rings (SSSR count). The maximum absolute atomic E-state index is 12.5. The predicted octanol–water partition coefficient (Wildman–Crippen LogP) is 4.27. The molecule has 0 saturated heterocycles. The molecular formula is C20H18O5S. The molecular weight excluding hydrogens is 352 g/mol. The van der Waals surface area contributed by atoms with Gasteiger partial charge in [-0.2, -0.15) is 0 Å². The third-order valence-electron chi connectivity index (χ3n) is 4.05. The average Bonchev–Trinajstić information content (AvgIpc) is 3.02. The summed E-state index contributed by atoms with van der Waals surface area (Å²) in [6, 6.07) is 12.5. The molecule has 2 aromatic carbocycles. The van der Waals surface area contributed by atoms with E-state index in [9.17, 15) is 9.59 Å². The maximum Gasteiger partial charge on any atom is 0.338 e. The minimum atomic E-state index is -0.585. The van der Waals surface area contributed by atoms with Crippen molar-refractivity contribution in [3.8, 4) is 11.5 Å². The summed E-state index contributed by atoms with van der Waals surface area (Å²) < 4.78 is 16.5. The summed E-state index contributed by atoms with van der Waals surface area (Å²) in [5, 5.41) is 1.05. The number of rotatable bonds is 6. The lowest BCUT2D eigenvalue weighted by Crippen LogP contribution is -2.14. The van der Waals surface area contributed by atoms with Gasteiger partial charge in [0.2, 0.25) is 5.78 Å². The van der Waals surface area contributed by atoms with Gasteiger partial charge in [-0.15, -0.1) is 11.3 Å². The largest absolute Gasteiger partial charge is 0.493 e. The van der Waals surface area contributed by atoms with Crippen molar-refractivity contribution in [2.45, 2.75) is 6.92 Å². The molecule has 0 aliphatic rings. The summed E-state index contributed by atoms with van der Waals surface area (Å²) in [6.07, 6.45) is 0. The first-order chi connectivity index (χ1) is 12.5. The van der Waals surface area contributed by atoms with Gasteiger partial charge in [0.05, 0.1) is 24.7 Å². The van der Waals surface area contributed by atoms with E-state index < -0.39 is 5.97 Å². The predicted molar refractivity (Wildman–Crippen MR) is 101 cm³/mol. The first kappa shape index (κ1) is 17.9. The van der Waals surface area contributed by atoms with Crippen LogP contribution < -0.4 is 9.47 Å². The number of methoxy groups -OCH3 is 2. The second-order valence-corrected chi connectivity index (χ2v) is 6.67. The summed E-state index contributed by atoms with van der Waals surface area (Å²) >= 11 is 1.41. The summed E-state index contributed by atoms with van der Waals surface area (Å²) in [4.78, 5) is 25.3. The highest BCUT2D eigenvalue weighted by Gasteiger charge is 2.18. The fourth-order valence-electron chi connectivity index (χ4n) is 2.68. The molecule has 26 heavy (non-hydrogen) atoms. The smallest absolute Gasteiger partial charge is 0.338 e. The number of fused-ring (bicyclic) bond motifs is 1. The molecule has 3 aromatic rings. The van der Waals surface area contributed by atoms with Crippen LogP contribution in [-0.4, -0.2) is 32.6 Å². The minimum absolute atomic E-state index is 0.211. The van der Waals surface area contributed by atoms with Gasteiger partial charge in [0, 0.05) is 4.70 Å². The molecule has 0 N–H and O–H groups in total. The number of hydrogen-bond acceptors (Lipinski definition) is 6. The van der Waals surface area contributed by atoms with Crippen LogP contribution in [-0.2, 0) is 4.74 Å². The second-order valence-electron chi connectivity index (χ2n) is 5.62. The third kappa shape index (κ3) is 3.41. The molecule has 0 fully saturated rings. The zero-order chi connectivity index (χ0) is 18.7. The van der Waals surface area contributed by atoms with Crippen molar-refractivity contribution < 1.29 is 23.8 Å². The Morgan fingerprint density at radius 1 is 1.00 bits per heavy atom. The van der Waals surface area contributed by atoms with Gasteiger partial charge >= 0.3 is 5.97 Å².